The number of benzene rings is 1. The van der Waals surface area contributed by atoms with Gasteiger partial charge in [-0.25, -0.2) is 9.18 Å². The van der Waals surface area contributed by atoms with Gasteiger partial charge in [0.2, 0.25) is 0 Å². The lowest BCUT2D eigenvalue weighted by Gasteiger charge is -2.21. The summed E-state index contributed by atoms with van der Waals surface area (Å²) in [7, 11) is 0. The zero-order valence-corrected chi connectivity index (χ0v) is 11.8. The molecule has 0 bridgehead atoms. The molecule has 0 radical (unpaired) electrons. The molecule has 1 heterocycles. The number of aliphatic carboxylic acids is 1. The monoisotopic (exact) mass is 277 g/mol. The molecule has 2 rings (SSSR count). The zero-order chi connectivity index (χ0) is 14.7. The first-order chi connectivity index (χ1) is 9.45. The molecule has 20 heavy (non-hydrogen) atoms. The Morgan fingerprint density at radius 3 is 2.85 bits per heavy atom. The number of rotatable bonds is 4. The van der Waals surface area contributed by atoms with Crippen LogP contribution in [0.15, 0.2) is 24.3 Å². The molecule has 2 atom stereocenters. The van der Waals surface area contributed by atoms with E-state index in [1.54, 1.807) is 12.1 Å². The zero-order valence-electron chi connectivity index (χ0n) is 11.8. The molecule has 0 aliphatic carbocycles. The maximum absolute atomic E-state index is 13.6. The standard InChI is InChI=1S/C16H20FNO2/c1-11-7-12(2)18(9-11)10-13-3-5-15(17)14(8-13)4-6-16(19)20/h3-6,8,11-12H,7,9-10H2,1-2H3,(H,19,20)/b6-4+. The summed E-state index contributed by atoms with van der Waals surface area (Å²) >= 11 is 0. The van der Waals surface area contributed by atoms with E-state index in [9.17, 15) is 9.18 Å². The minimum atomic E-state index is -1.07. The SMILES string of the molecule is CC1CC(C)N(Cc2ccc(F)c(/C=C/C(=O)O)c2)C1. The lowest BCUT2D eigenvalue weighted by Crippen LogP contribution is -2.26. The quantitative estimate of drug-likeness (QED) is 0.859. The molecule has 0 aromatic heterocycles. The van der Waals surface area contributed by atoms with Crippen molar-refractivity contribution in [3.8, 4) is 0 Å². The maximum atomic E-state index is 13.6. The molecule has 1 N–H and O–H groups in total. The van der Waals surface area contributed by atoms with Gasteiger partial charge in [-0.1, -0.05) is 13.0 Å². The molecule has 0 saturated carbocycles. The summed E-state index contributed by atoms with van der Waals surface area (Å²) in [5.74, 6) is -0.775. The van der Waals surface area contributed by atoms with Gasteiger partial charge in [0.15, 0.2) is 0 Å². The van der Waals surface area contributed by atoms with E-state index >= 15 is 0 Å². The Morgan fingerprint density at radius 2 is 2.25 bits per heavy atom. The largest absolute Gasteiger partial charge is 0.478 e. The molecule has 3 nitrogen and oxygen atoms in total. The molecule has 1 aromatic rings. The Labute approximate surface area is 118 Å². The highest BCUT2D eigenvalue weighted by atomic mass is 19.1. The minimum Gasteiger partial charge on any atom is -0.478 e. The van der Waals surface area contributed by atoms with Crippen LogP contribution >= 0.6 is 0 Å². The Bertz CT molecular complexity index is 527. The van der Waals surface area contributed by atoms with Crippen molar-refractivity contribution < 1.29 is 14.3 Å². The second kappa shape index (κ2) is 6.18. The van der Waals surface area contributed by atoms with Crippen LogP contribution in [0.4, 0.5) is 4.39 Å². The normalized spacial score (nSPS) is 23.6. The summed E-state index contributed by atoms with van der Waals surface area (Å²) in [5, 5.41) is 8.61. The molecule has 1 aromatic carbocycles. The highest BCUT2D eigenvalue weighted by molar-refractivity contribution is 5.85. The van der Waals surface area contributed by atoms with Gasteiger partial charge in [0.1, 0.15) is 5.82 Å². The third-order valence-corrected chi connectivity index (χ3v) is 3.76. The smallest absolute Gasteiger partial charge is 0.328 e. The molecule has 1 aliphatic rings. The van der Waals surface area contributed by atoms with Crippen LogP contribution in [0.5, 0.6) is 0 Å². The van der Waals surface area contributed by atoms with Gasteiger partial charge in [0.25, 0.3) is 0 Å². The molecular formula is C16H20FNO2. The van der Waals surface area contributed by atoms with E-state index in [2.05, 4.69) is 18.7 Å². The van der Waals surface area contributed by atoms with Crippen LogP contribution < -0.4 is 0 Å². The summed E-state index contributed by atoms with van der Waals surface area (Å²) in [6, 6.07) is 5.43. The van der Waals surface area contributed by atoms with E-state index < -0.39 is 11.8 Å². The summed E-state index contributed by atoms with van der Waals surface area (Å²) in [4.78, 5) is 12.9. The van der Waals surface area contributed by atoms with Gasteiger partial charge >= 0.3 is 5.97 Å². The second-order valence-electron chi connectivity index (χ2n) is 5.65. The molecule has 4 heteroatoms. The molecule has 1 fully saturated rings. The Morgan fingerprint density at radius 1 is 1.50 bits per heavy atom. The molecule has 0 spiro atoms. The minimum absolute atomic E-state index is 0.324. The molecular weight excluding hydrogens is 257 g/mol. The predicted molar refractivity (Wildman–Crippen MR) is 76.7 cm³/mol. The number of nitrogens with zero attached hydrogens (tertiary/aromatic N) is 1. The van der Waals surface area contributed by atoms with E-state index in [4.69, 9.17) is 5.11 Å². The van der Waals surface area contributed by atoms with Crippen molar-refractivity contribution in [3.63, 3.8) is 0 Å². The lowest BCUT2D eigenvalue weighted by molar-refractivity contribution is -0.131. The summed E-state index contributed by atoms with van der Waals surface area (Å²) < 4.78 is 13.6. The summed E-state index contributed by atoms with van der Waals surface area (Å²) in [5.41, 5.74) is 1.34. The van der Waals surface area contributed by atoms with Crippen LogP contribution in [0.3, 0.4) is 0 Å². The van der Waals surface area contributed by atoms with Gasteiger partial charge in [-0.05, 0) is 43.0 Å². The number of carbonyl (C=O) groups is 1. The molecule has 108 valence electrons. The molecule has 1 saturated heterocycles. The van der Waals surface area contributed by atoms with E-state index in [0.717, 1.165) is 24.7 Å². The Balaban J connectivity index is 2.13. The van der Waals surface area contributed by atoms with Crippen LogP contribution in [-0.2, 0) is 11.3 Å². The van der Waals surface area contributed by atoms with Crippen molar-refractivity contribution in [3.05, 3.63) is 41.2 Å². The van der Waals surface area contributed by atoms with Gasteiger partial charge < -0.3 is 5.11 Å². The van der Waals surface area contributed by atoms with Crippen molar-refractivity contribution in [2.45, 2.75) is 32.9 Å². The van der Waals surface area contributed by atoms with Crippen molar-refractivity contribution in [1.29, 1.82) is 0 Å². The van der Waals surface area contributed by atoms with E-state index in [-0.39, 0.29) is 0 Å². The average Bonchev–Trinajstić information content (AvgIpc) is 2.68. The first-order valence-electron chi connectivity index (χ1n) is 6.89. The van der Waals surface area contributed by atoms with Crippen molar-refractivity contribution in [2.75, 3.05) is 6.54 Å². The van der Waals surface area contributed by atoms with Crippen LogP contribution in [0, 0.1) is 11.7 Å². The third-order valence-electron chi connectivity index (χ3n) is 3.76. The lowest BCUT2D eigenvalue weighted by atomic mass is 10.1. The fourth-order valence-corrected chi connectivity index (χ4v) is 2.82. The van der Waals surface area contributed by atoms with Crippen LogP contribution in [-0.4, -0.2) is 28.6 Å². The number of hydrogen-bond acceptors (Lipinski definition) is 2. The van der Waals surface area contributed by atoms with E-state index in [1.165, 1.54) is 18.6 Å². The Kier molecular flexibility index (Phi) is 4.55. The number of hydrogen-bond donors (Lipinski definition) is 1. The highest BCUT2D eigenvalue weighted by Crippen LogP contribution is 2.25. The number of halogens is 1. The van der Waals surface area contributed by atoms with Crippen molar-refractivity contribution >= 4 is 12.0 Å². The summed E-state index contributed by atoms with van der Waals surface area (Å²) in [6.07, 6.45) is 3.45. The summed E-state index contributed by atoms with van der Waals surface area (Å²) in [6.45, 7) is 6.28. The number of carboxylic acids is 1. The van der Waals surface area contributed by atoms with Crippen LogP contribution in [0.1, 0.15) is 31.4 Å². The Hall–Kier alpha value is -1.68. The van der Waals surface area contributed by atoms with Crippen LogP contribution in [0.25, 0.3) is 6.08 Å². The fourth-order valence-electron chi connectivity index (χ4n) is 2.82. The van der Waals surface area contributed by atoms with Gasteiger partial charge in [-0.15, -0.1) is 0 Å². The van der Waals surface area contributed by atoms with E-state index in [1.807, 2.05) is 0 Å². The predicted octanol–water partition coefficient (Wildman–Crippen LogP) is 3.15. The first kappa shape index (κ1) is 14.7. The second-order valence-corrected chi connectivity index (χ2v) is 5.65. The third kappa shape index (κ3) is 3.67. The van der Waals surface area contributed by atoms with Crippen LogP contribution in [0.2, 0.25) is 0 Å². The average molecular weight is 277 g/mol. The van der Waals surface area contributed by atoms with E-state index in [0.29, 0.717) is 17.5 Å². The van der Waals surface area contributed by atoms with Crippen molar-refractivity contribution in [2.24, 2.45) is 5.92 Å². The van der Waals surface area contributed by atoms with Gasteiger partial charge in [0.05, 0.1) is 0 Å². The molecule has 1 aliphatic heterocycles. The topological polar surface area (TPSA) is 40.5 Å². The first-order valence-corrected chi connectivity index (χ1v) is 6.89. The van der Waals surface area contributed by atoms with Gasteiger partial charge in [-0.2, -0.15) is 0 Å². The highest BCUT2D eigenvalue weighted by Gasteiger charge is 2.25. The van der Waals surface area contributed by atoms with Gasteiger partial charge in [0, 0.05) is 30.8 Å². The number of carboxylic acid groups (broad SMARTS) is 1. The maximum Gasteiger partial charge on any atom is 0.328 e. The van der Waals surface area contributed by atoms with Crippen molar-refractivity contribution in [1.82, 2.24) is 4.90 Å². The van der Waals surface area contributed by atoms with Gasteiger partial charge in [-0.3, -0.25) is 4.90 Å². The molecule has 2 unspecified atom stereocenters. The number of likely N-dealkylation sites (tertiary alicyclic amines) is 1. The fraction of sp³-hybridized carbons (Fsp3) is 0.438. The molecule has 0 amide bonds.